The zero-order valence-electron chi connectivity index (χ0n) is 19.2. The van der Waals surface area contributed by atoms with Crippen LogP contribution in [0.3, 0.4) is 0 Å². The lowest BCUT2D eigenvalue weighted by atomic mass is 10.1. The Bertz CT molecular complexity index is 1240. The highest BCUT2D eigenvalue weighted by atomic mass is 35.5. The summed E-state index contributed by atoms with van der Waals surface area (Å²) in [6.45, 7) is 3.52. The van der Waals surface area contributed by atoms with Crippen molar-refractivity contribution in [1.82, 2.24) is 14.8 Å². The maximum Gasteiger partial charge on any atom is 0.251 e. The van der Waals surface area contributed by atoms with Crippen LogP contribution in [0.2, 0.25) is 5.02 Å². The van der Waals surface area contributed by atoms with Crippen molar-refractivity contribution in [1.29, 1.82) is 0 Å². The summed E-state index contributed by atoms with van der Waals surface area (Å²) in [6, 6.07) is 28.4. The average molecular weight is 458 g/mol. The maximum atomic E-state index is 12.5. The third-order valence-electron chi connectivity index (χ3n) is 5.57. The Morgan fingerprint density at radius 3 is 2.06 bits per heavy atom. The van der Waals surface area contributed by atoms with E-state index in [2.05, 4.69) is 53.2 Å². The Morgan fingerprint density at radius 2 is 1.48 bits per heavy atom. The van der Waals surface area contributed by atoms with E-state index in [0.29, 0.717) is 17.1 Å². The van der Waals surface area contributed by atoms with Crippen LogP contribution >= 0.6 is 11.6 Å². The molecule has 5 heteroatoms. The molecular weight excluding hydrogens is 430 g/mol. The highest BCUT2D eigenvalue weighted by molar-refractivity contribution is 6.30. The quantitative estimate of drug-likeness (QED) is 0.366. The molecular formula is C28H28ClN3O. The second kappa shape index (κ2) is 10.1. The lowest BCUT2D eigenvalue weighted by Gasteiger charge is -2.15. The van der Waals surface area contributed by atoms with Gasteiger partial charge in [0.1, 0.15) is 0 Å². The van der Waals surface area contributed by atoms with Gasteiger partial charge in [-0.05, 0) is 86.2 Å². The molecule has 0 aliphatic rings. The number of carbonyl (C=O) groups is 1. The standard InChI is InChI=1S/C28H28ClN3O/c1-20-5-4-6-25(19-20)32-26(15-16-27(32)22-11-13-24(29)14-12-22)21-7-9-23(10-8-21)28(33)30-17-18-31(2)3/h4-16,19H,17-18H2,1-3H3,(H,30,33). The minimum atomic E-state index is -0.0562. The second-order valence-electron chi connectivity index (χ2n) is 8.42. The number of carbonyl (C=O) groups excluding carboxylic acids is 1. The average Bonchev–Trinajstić information content (AvgIpc) is 3.24. The van der Waals surface area contributed by atoms with Crippen molar-refractivity contribution in [3.8, 4) is 28.2 Å². The Hall–Kier alpha value is -3.34. The van der Waals surface area contributed by atoms with Gasteiger partial charge < -0.3 is 14.8 Å². The van der Waals surface area contributed by atoms with Crippen LogP contribution in [-0.4, -0.2) is 42.6 Å². The minimum absolute atomic E-state index is 0.0562. The molecule has 0 bridgehead atoms. The van der Waals surface area contributed by atoms with Crippen molar-refractivity contribution in [3.05, 3.63) is 101 Å². The number of nitrogens with one attached hydrogen (secondary N) is 1. The summed E-state index contributed by atoms with van der Waals surface area (Å²) in [7, 11) is 3.98. The number of hydrogen-bond acceptors (Lipinski definition) is 2. The zero-order valence-corrected chi connectivity index (χ0v) is 19.9. The molecule has 4 nitrogen and oxygen atoms in total. The van der Waals surface area contributed by atoms with E-state index in [0.717, 1.165) is 34.7 Å². The molecule has 0 saturated heterocycles. The normalized spacial score (nSPS) is 11.1. The van der Waals surface area contributed by atoms with Crippen LogP contribution in [0.1, 0.15) is 15.9 Å². The summed E-state index contributed by atoms with van der Waals surface area (Å²) >= 11 is 6.12. The van der Waals surface area contributed by atoms with E-state index in [4.69, 9.17) is 11.6 Å². The van der Waals surface area contributed by atoms with Gasteiger partial charge in [-0.15, -0.1) is 0 Å². The molecule has 4 rings (SSSR count). The number of likely N-dealkylation sites (N-methyl/N-ethyl adjacent to an activating group) is 1. The summed E-state index contributed by atoms with van der Waals surface area (Å²) < 4.78 is 2.25. The van der Waals surface area contributed by atoms with E-state index in [9.17, 15) is 4.79 Å². The van der Waals surface area contributed by atoms with Gasteiger partial charge in [0, 0.05) is 29.4 Å². The third kappa shape index (κ3) is 5.36. The highest BCUT2D eigenvalue weighted by Crippen LogP contribution is 2.33. The summed E-state index contributed by atoms with van der Waals surface area (Å²) in [5, 5.41) is 3.68. The molecule has 1 heterocycles. The topological polar surface area (TPSA) is 37.3 Å². The van der Waals surface area contributed by atoms with E-state index < -0.39 is 0 Å². The van der Waals surface area contributed by atoms with Crippen LogP contribution in [0.4, 0.5) is 0 Å². The fourth-order valence-electron chi connectivity index (χ4n) is 3.84. The summed E-state index contributed by atoms with van der Waals surface area (Å²) in [5.74, 6) is -0.0562. The predicted molar refractivity (Wildman–Crippen MR) is 137 cm³/mol. The van der Waals surface area contributed by atoms with Crippen molar-refractivity contribution in [3.63, 3.8) is 0 Å². The van der Waals surface area contributed by atoms with E-state index in [1.165, 1.54) is 5.56 Å². The lowest BCUT2D eigenvalue weighted by Crippen LogP contribution is -2.31. The van der Waals surface area contributed by atoms with Gasteiger partial charge in [0.05, 0.1) is 11.4 Å². The van der Waals surface area contributed by atoms with Gasteiger partial charge in [0.2, 0.25) is 0 Å². The van der Waals surface area contributed by atoms with Crippen LogP contribution in [0, 0.1) is 6.92 Å². The molecule has 168 valence electrons. The van der Waals surface area contributed by atoms with Crippen LogP contribution in [0.5, 0.6) is 0 Å². The summed E-state index contributed by atoms with van der Waals surface area (Å²) in [4.78, 5) is 14.5. The molecule has 1 amide bonds. The first-order valence-electron chi connectivity index (χ1n) is 11.0. The van der Waals surface area contributed by atoms with Crippen molar-refractivity contribution in [2.45, 2.75) is 6.92 Å². The molecule has 0 aliphatic carbocycles. The van der Waals surface area contributed by atoms with Gasteiger partial charge in [-0.2, -0.15) is 0 Å². The number of rotatable bonds is 7. The number of hydrogen-bond donors (Lipinski definition) is 1. The largest absolute Gasteiger partial charge is 0.351 e. The van der Waals surface area contributed by atoms with Gasteiger partial charge in [0.15, 0.2) is 0 Å². The lowest BCUT2D eigenvalue weighted by molar-refractivity contribution is 0.0951. The maximum absolute atomic E-state index is 12.5. The van der Waals surface area contributed by atoms with Crippen molar-refractivity contribution >= 4 is 17.5 Å². The molecule has 1 N–H and O–H groups in total. The Kier molecular flexibility index (Phi) is 6.97. The predicted octanol–water partition coefficient (Wildman–Crippen LogP) is 6.06. The van der Waals surface area contributed by atoms with Crippen LogP contribution in [0.25, 0.3) is 28.2 Å². The Balaban J connectivity index is 1.70. The van der Waals surface area contributed by atoms with Crippen LogP contribution in [0.15, 0.2) is 84.9 Å². The van der Waals surface area contributed by atoms with Crippen LogP contribution < -0.4 is 5.32 Å². The smallest absolute Gasteiger partial charge is 0.251 e. The molecule has 0 unspecified atom stereocenters. The van der Waals surface area contributed by atoms with E-state index in [1.807, 2.05) is 67.5 Å². The van der Waals surface area contributed by atoms with Crippen molar-refractivity contribution in [2.75, 3.05) is 27.2 Å². The van der Waals surface area contributed by atoms with Crippen molar-refractivity contribution < 1.29 is 4.79 Å². The molecule has 4 aromatic rings. The zero-order chi connectivity index (χ0) is 23.4. The van der Waals surface area contributed by atoms with Gasteiger partial charge in [0.25, 0.3) is 5.91 Å². The fourth-order valence-corrected chi connectivity index (χ4v) is 3.97. The van der Waals surface area contributed by atoms with Gasteiger partial charge >= 0.3 is 0 Å². The third-order valence-corrected chi connectivity index (χ3v) is 5.82. The molecule has 0 aliphatic heterocycles. The monoisotopic (exact) mass is 457 g/mol. The van der Waals surface area contributed by atoms with E-state index in [-0.39, 0.29) is 5.91 Å². The molecule has 0 saturated carbocycles. The molecule has 0 fully saturated rings. The number of nitrogens with zero attached hydrogens (tertiary/aromatic N) is 2. The first-order chi connectivity index (χ1) is 15.9. The SMILES string of the molecule is Cc1cccc(-n2c(-c3ccc(Cl)cc3)ccc2-c2ccc(C(=O)NCCN(C)C)cc2)c1. The molecule has 3 aromatic carbocycles. The first-order valence-corrected chi connectivity index (χ1v) is 11.4. The molecule has 1 aromatic heterocycles. The number of amides is 1. The van der Waals surface area contributed by atoms with E-state index >= 15 is 0 Å². The second-order valence-corrected chi connectivity index (χ2v) is 8.86. The summed E-state index contributed by atoms with van der Waals surface area (Å²) in [6.07, 6.45) is 0. The van der Waals surface area contributed by atoms with E-state index in [1.54, 1.807) is 0 Å². The molecule has 0 atom stereocenters. The van der Waals surface area contributed by atoms with Crippen LogP contribution in [-0.2, 0) is 0 Å². The number of aryl methyl sites for hydroxylation is 1. The molecule has 0 radical (unpaired) electrons. The van der Waals surface area contributed by atoms with Gasteiger partial charge in [-0.3, -0.25) is 4.79 Å². The molecule has 0 spiro atoms. The Labute approximate surface area is 200 Å². The van der Waals surface area contributed by atoms with Crippen molar-refractivity contribution in [2.24, 2.45) is 0 Å². The molecule has 33 heavy (non-hydrogen) atoms. The number of aromatic nitrogens is 1. The number of halogens is 1. The van der Waals surface area contributed by atoms with Gasteiger partial charge in [-0.1, -0.05) is 48.0 Å². The fraction of sp³-hybridized carbons (Fsp3) is 0.179. The highest BCUT2D eigenvalue weighted by Gasteiger charge is 2.15. The van der Waals surface area contributed by atoms with Gasteiger partial charge in [-0.25, -0.2) is 0 Å². The minimum Gasteiger partial charge on any atom is -0.351 e. The Morgan fingerprint density at radius 1 is 0.879 bits per heavy atom. The number of benzene rings is 3. The summed E-state index contributed by atoms with van der Waals surface area (Å²) in [5.41, 5.74) is 7.21. The first kappa shape index (κ1) is 22.8.